The summed E-state index contributed by atoms with van der Waals surface area (Å²) in [5.74, 6) is 0. The van der Waals surface area contributed by atoms with Crippen LogP contribution >= 0.6 is 11.3 Å². The summed E-state index contributed by atoms with van der Waals surface area (Å²) in [7, 11) is 0. The van der Waals surface area contributed by atoms with Gasteiger partial charge in [0.1, 0.15) is 0 Å². The van der Waals surface area contributed by atoms with Gasteiger partial charge in [-0.1, -0.05) is 0 Å². The van der Waals surface area contributed by atoms with Gasteiger partial charge in [-0.05, 0) is 39.0 Å². The Bertz CT molecular complexity index is 428. The molecule has 1 aromatic rings. The summed E-state index contributed by atoms with van der Waals surface area (Å²) in [4.78, 5) is 16.1. The third-order valence-electron chi connectivity index (χ3n) is 3.55. The number of aromatic nitrogens is 1. The number of amides is 2. The molecule has 0 aliphatic heterocycles. The van der Waals surface area contributed by atoms with Crippen molar-refractivity contribution in [3.05, 3.63) is 16.1 Å². The Kier molecular flexibility index (Phi) is 5.79. The number of thiazole rings is 1. The standard InChI is InChI=1S/C14H23N3O2S/c1-10-9-20-13(16-10)3-2-8-15-14(19)17-11-4-6-12(18)7-5-11/h9,11-12,18H,2-8H2,1H3,(H2,15,17,19). The third-order valence-corrected chi connectivity index (χ3v) is 4.58. The number of aryl methyl sites for hydroxylation is 2. The fraction of sp³-hybridized carbons (Fsp3) is 0.714. The van der Waals surface area contributed by atoms with Gasteiger partial charge in [-0.2, -0.15) is 0 Å². The molecule has 0 spiro atoms. The van der Waals surface area contributed by atoms with E-state index in [1.165, 1.54) is 0 Å². The number of hydrogen-bond acceptors (Lipinski definition) is 4. The number of nitrogens with zero attached hydrogens (tertiary/aromatic N) is 1. The quantitative estimate of drug-likeness (QED) is 0.728. The number of hydrogen-bond donors (Lipinski definition) is 3. The van der Waals surface area contributed by atoms with Gasteiger partial charge in [0.05, 0.1) is 11.1 Å². The fourth-order valence-electron chi connectivity index (χ4n) is 2.42. The Morgan fingerprint density at radius 1 is 1.45 bits per heavy atom. The van der Waals surface area contributed by atoms with E-state index in [4.69, 9.17) is 0 Å². The van der Waals surface area contributed by atoms with Crippen molar-refractivity contribution in [1.82, 2.24) is 15.6 Å². The zero-order valence-corrected chi connectivity index (χ0v) is 12.7. The van der Waals surface area contributed by atoms with Crippen molar-refractivity contribution in [2.24, 2.45) is 0 Å². The van der Waals surface area contributed by atoms with Gasteiger partial charge in [0.2, 0.25) is 0 Å². The van der Waals surface area contributed by atoms with Gasteiger partial charge in [0, 0.05) is 30.1 Å². The number of urea groups is 1. The molecule has 2 rings (SSSR count). The molecule has 5 nitrogen and oxygen atoms in total. The van der Waals surface area contributed by atoms with Gasteiger partial charge in [-0.3, -0.25) is 0 Å². The maximum atomic E-state index is 11.7. The molecule has 1 heterocycles. The first-order valence-corrected chi connectivity index (χ1v) is 8.15. The van der Waals surface area contributed by atoms with Crippen LogP contribution in [0.4, 0.5) is 4.79 Å². The molecule has 1 saturated carbocycles. The highest BCUT2D eigenvalue weighted by atomic mass is 32.1. The first-order valence-electron chi connectivity index (χ1n) is 7.27. The lowest BCUT2D eigenvalue weighted by molar-refractivity contribution is 0.117. The maximum Gasteiger partial charge on any atom is 0.315 e. The molecule has 0 aromatic carbocycles. The Hall–Kier alpha value is -1.14. The van der Waals surface area contributed by atoms with Crippen molar-refractivity contribution in [2.45, 2.75) is 57.6 Å². The topological polar surface area (TPSA) is 74.2 Å². The molecule has 0 unspecified atom stereocenters. The Labute approximate surface area is 123 Å². The maximum absolute atomic E-state index is 11.7. The summed E-state index contributed by atoms with van der Waals surface area (Å²) < 4.78 is 0. The molecular weight excluding hydrogens is 274 g/mol. The third kappa shape index (κ3) is 5.09. The second kappa shape index (κ2) is 7.59. The molecule has 1 aliphatic carbocycles. The molecule has 112 valence electrons. The highest BCUT2D eigenvalue weighted by Gasteiger charge is 2.20. The average Bonchev–Trinajstić information content (AvgIpc) is 2.83. The minimum atomic E-state index is -0.183. The minimum Gasteiger partial charge on any atom is -0.393 e. The second-order valence-electron chi connectivity index (χ2n) is 5.39. The lowest BCUT2D eigenvalue weighted by Gasteiger charge is -2.26. The van der Waals surface area contributed by atoms with Crippen molar-refractivity contribution in [3.8, 4) is 0 Å². The number of rotatable bonds is 5. The predicted molar refractivity (Wildman–Crippen MR) is 80.0 cm³/mol. The van der Waals surface area contributed by atoms with Crippen LogP contribution in [0.15, 0.2) is 5.38 Å². The van der Waals surface area contributed by atoms with Crippen LogP contribution in [0.1, 0.15) is 42.8 Å². The van der Waals surface area contributed by atoms with Crippen LogP contribution in [-0.2, 0) is 6.42 Å². The van der Waals surface area contributed by atoms with Crippen LogP contribution in [-0.4, -0.2) is 34.8 Å². The molecule has 3 N–H and O–H groups in total. The van der Waals surface area contributed by atoms with Gasteiger partial charge in [0.25, 0.3) is 0 Å². The highest BCUT2D eigenvalue weighted by Crippen LogP contribution is 2.18. The molecular formula is C14H23N3O2S. The Morgan fingerprint density at radius 3 is 2.85 bits per heavy atom. The molecule has 6 heteroatoms. The number of nitrogens with one attached hydrogen (secondary N) is 2. The van der Waals surface area contributed by atoms with E-state index in [1.807, 2.05) is 12.3 Å². The minimum absolute atomic E-state index is 0.0956. The second-order valence-corrected chi connectivity index (χ2v) is 6.33. The van der Waals surface area contributed by atoms with Crippen LogP contribution in [0, 0.1) is 6.92 Å². The monoisotopic (exact) mass is 297 g/mol. The predicted octanol–water partition coefficient (Wildman–Crippen LogP) is 1.99. The highest BCUT2D eigenvalue weighted by molar-refractivity contribution is 7.09. The molecule has 0 atom stereocenters. The van der Waals surface area contributed by atoms with Gasteiger partial charge in [-0.25, -0.2) is 9.78 Å². The van der Waals surface area contributed by atoms with E-state index in [0.717, 1.165) is 49.2 Å². The lowest BCUT2D eigenvalue weighted by atomic mass is 9.93. The first-order chi connectivity index (χ1) is 9.63. The van der Waals surface area contributed by atoms with Crippen LogP contribution in [0.2, 0.25) is 0 Å². The van der Waals surface area contributed by atoms with Crippen LogP contribution < -0.4 is 10.6 Å². The number of carbonyl (C=O) groups excluding carboxylic acids is 1. The zero-order chi connectivity index (χ0) is 14.4. The Balaban J connectivity index is 1.56. The molecule has 1 fully saturated rings. The van der Waals surface area contributed by atoms with E-state index in [-0.39, 0.29) is 18.2 Å². The summed E-state index contributed by atoms with van der Waals surface area (Å²) in [5.41, 5.74) is 1.06. The van der Waals surface area contributed by atoms with E-state index in [2.05, 4.69) is 15.6 Å². The molecule has 0 radical (unpaired) electrons. The van der Waals surface area contributed by atoms with Gasteiger partial charge < -0.3 is 15.7 Å². The average molecular weight is 297 g/mol. The molecule has 1 aliphatic rings. The molecule has 20 heavy (non-hydrogen) atoms. The van der Waals surface area contributed by atoms with Crippen molar-refractivity contribution >= 4 is 17.4 Å². The zero-order valence-electron chi connectivity index (χ0n) is 11.9. The molecule has 1 aromatic heterocycles. The van der Waals surface area contributed by atoms with Crippen LogP contribution in [0.5, 0.6) is 0 Å². The van der Waals surface area contributed by atoms with Gasteiger partial charge >= 0.3 is 6.03 Å². The van der Waals surface area contributed by atoms with Gasteiger partial charge in [-0.15, -0.1) is 11.3 Å². The summed E-state index contributed by atoms with van der Waals surface area (Å²) in [6, 6.07) is 0.113. The van der Waals surface area contributed by atoms with E-state index in [0.29, 0.717) is 6.54 Å². The van der Waals surface area contributed by atoms with E-state index in [9.17, 15) is 9.90 Å². The SMILES string of the molecule is Cc1csc(CCCNC(=O)NC2CCC(O)CC2)n1. The van der Waals surface area contributed by atoms with Gasteiger partial charge in [0.15, 0.2) is 0 Å². The number of aliphatic hydroxyl groups excluding tert-OH is 1. The molecule has 0 saturated heterocycles. The Morgan fingerprint density at radius 2 is 2.20 bits per heavy atom. The normalized spacial score (nSPS) is 22.5. The molecule has 0 bridgehead atoms. The lowest BCUT2D eigenvalue weighted by Crippen LogP contribution is -2.44. The smallest absolute Gasteiger partial charge is 0.315 e. The van der Waals surface area contributed by atoms with Crippen molar-refractivity contribution in [3.63, 3.8) is 0 Å². The van der Waals surface area contributed by atoms with Crippen molar-refractivity contribution in [2.75, 3.05) is 6.54 Å². The number of carbonyl (C=O) groups is 1. The van der Waals surface area contributed by atoms with E-state index >= 15 is 0 Å². The summed E-state index contributed by atoms with van der Waals surface area (Å²) >= 11 is 1.67. The van der Waals surface area contributed by atoms with Crippen molar-refractivity contribution in [1.29, 1.82) is 0 Å². The number of aliphatic hydroxyl groups is 1. The van der Waals surface area contributed by atoms with Crippen LogP contribution in [0.3, 0.4) is 0 Å². The largest absolute Gasteiger partial charge is 0.393 e. The van der Waals surface area contributed by atoms with E-state index in [1.54, 1.807) is 11.3 Å². The fourth-order valence-corrected chi connectivity index (χ4v) is 3.23. The summed E-state index contributed by atoms with van der Waals surface area (Å²) in [6.07, 6.45) is 4.94. The van der Waals surface area contributed by atoms with E-state index < -0.39 is 0 Å². The first kappa shape index (κ1) is 15.3. The summed E-state index contributed by atoms with van der Waals surface area (Å²) in [5, 5.41) is 18.4. The van der Waals surface area contributed by atoms with Crippen molar-refractivity contribution < 1.29 is 9.90 Å². The summed E-state index contributed by atoms with van der Waals surface area (Å²) in [6.45, 7) is 2.66. The molecule has 2 amide bonds. The van der Waals surface area contributed by atoms with Crippen LogP contribution in [0.25, 0.3) is 0 Å².